The van der Waals surface area contributed by atoms with Gasteiger partial charge in [-0.2, -0.15) is 4.52 Å². The summed E-state index contributed by atoms with van der Waals surface area (Å²) in [6.45, 7) is 3.86. The van der Waals surface area contributed by atoms with Gasteiger partial charge >= 0.3 is 0 Å². The van der Waals surface area contributed by atoms with Gasteiger partial charge in [-0.15, -0.1) is 5.10 Å². The van der Waals surface area contributed by atoms with Gasteiger partial charge in [0.15, 0.2) is 0 Å². The van der Waals surface area contributed by atoms with Gasteiger partial charge in [0.2, 0.25) is 10.1 Å². The number of aromatic nitrogens is 3. The van der Waals surface area contributed by atoms with Crippen molar-refractivity contribution in [1.29, 1.82) is 0 Å². The summed E-state index contributed by atoms with van der Waals surface area (Å²) < 4.78 is 1.33. The molecule has 20 heavy (non-hydrogen) atoms. The Labute approximate surface area is 119 Å². The molecule has 0 amide bonds. The third-order valence-electron chi connectivity index (χ3n) is 3.01. The van der Waals surface area contributed by atoms with Crippen LogP contribution in [0.15, 0.2) is 41.2 Å². The second-order valence-electron chi connectivity index (χ2n) is 4.61. The number of nitrogens with zero attached hydrogens (tertiary/aromatic N) is 3. The average Bonchev–Trinajstić information content (AvgIpc) is 2.82. The van der Waals surface area contributed by atoms with Crippen LogP contribution in [-0.2, 0) is 0 Å². The summed E-state index contributed by atoms with van der Waals surface area (Å²) in [7, 11) is 0. The zero-order valence-electron chi connectivity index (χ0n) is 11.2. The summed E-state index contributed by atoms with van der Waals surface area (Å²) >= 11 is 1.38. The first-order valence-electron chi connectivity index (χ1n) is 6.32. The van der Waals surface area contributed by atoms with E-state index in [-0.39, 0.29) is 11.6 Å². The Bertz CT molecular complexity index is 794. The molecule has 0 radical (unpaired) electrons. The highest BCUT2D eigenvalue weighted by Crippen LogP contribution is 2.22. The second-order valence-corrected chi connectivity index (χ2v) is 5.57. The Balaban J connectivity index is 1.92. The summed E-state index contributed by atoms with van der Waals surface area (Å²) in [6.07, 6.45) is 0. The molecule has 0 aliphatic carbocycles. The minimum atomic E-state index is -0.149. The molecule has 1 atom stereocenters. The maximum atomic E-state index is 11.8. The number of anilines is 1. The average molecular weight is 286 g/mol. The molecule has 0 aliphatic rings. The normalized spacial score (nSPS) is 12.5. The van der Waals surface area contributed by atoms with E-state index in [0.717, 1.165) is 0 Å². The van der Waals surface area contributed by atoms with E-state index in [9.17, 15) is 4.79 Å². The first kappa shape index (κ1) is 12.8. The third kappa shape index (κ3) is 2.42. The van der Waals surface area contributed by atoms with Crippen LogP contribution in [0.25, 0.3) is 4.96 Å². The largest absolute Gasteiger partial charge is 0.354 e. The van der Waals surface area contributed by atoms with Crippen LogP contribution in [0.4, 0.5) is 5.13 Å². The second kappa shape index (κ2) is 5.05. The molecular weight excluding hydrogens is 272 g/mol. The Morgan fingerprint density at radius 1 is 1.30 bits per heavy atom. The molecule has 6 heteroatoms. The maximum absolute atomic E-state index is 11.8. The van der Waals surface area contributed by atoms with Gasteiger partial charge in [0, 0.05) is 11.8 Å². The number of rotatable bonds is 3. The summed E-state index contributed by atoms with van der Waals surface area (Å²) in [5, 5.41) is 8.26. The fourth-order valence-electron chi connectivity index (χ4n) is 1.99. The molecule has 1 N–H and O–H groups in total. The van der Waals surface area contributed by atoms with Crippen LogP contribution < -0.4 is 10.9 Å². The van der Waals surface area contributed by atoms with Crippen molar-refractivity contribution in [3.63, 3.8) is 0 Å². The molecule has 5 nitrogen and oxygen atoms in total. The van der Waals surface area contributed by atoms with Crippen molar-refractivity contribution < 1.29 is 0 Å². The number of hydrogen-bond donors (Lipinski definition) is 1. The van der Waals surface area contributed by atoms with Crippen molar-refractivity contribution in [1.82, 2.24) is 14.6 Å². The van der Waals surface area contributed by atoms with E-state index in [2.05, 4.69) is 34.5 Å². The molecule has 3 rings (SSSR count). The third-order valence-corrected chi connectivity index (χ3v) is 3.85. The summed E-state index contributed by atoms with van der Waals surface area (Å²) in [5.74, 6) is 0. The molecule has 1 aromatic carbocycles. The predicted molar refractivity (Wildman–Crippen MR) is 80.4 cm³/mol. The molecule has 3 aromatic rings. The Morgan fingerprint density at radius 3 is 2.80 bits per heavy atom. The van der Waals surface area contributed by atoms with Crippen LogP contribution in [0, 0.1) is 6.92 Å². The Kier molecular flexibility index (Phi) is 3.23. The summed E-state index contributed by atoms with van der Waals surface area (Å²) in [5.41, 5.74) is 1.73. The molecular formula is C14H14N4OS. The minimum Gasteiger partial charge on any atom is -0.354 e. The van der Waals surface area contributed by atoms with Crippen molar-refractivity contribution in [2.24, 2.45) is 0 Å². The van der Waals surface area contributed by atoms with E-state index < -0.39 is 0 Å². The first-order chi connectivity index (χ1) is 9.63. The molecule has 0 unspecified atom stereocenters. The highest BCUT2D eigenvalue weighted by Gasteiger charge is 2.10. The fourth-order valence-corrected chi connectivity index (χ4v) is 2.93. The van der Waals surface area contributed by atoms with Crippen molar-refractivity contribution in [3.8, 4) is 0 Å². The molecule has 2 aromatic heterocycles. The van der Waals surface area contributed by atoms with Crippen molar-refractivity contribution in [2.75, 3.05) is 5.32 Å². The number of benzene rings is 1. The van der Waals surface area contributed by atoms with Crippen molar-refractivity contribution >= 4 is 21.4 Å². The molecule has 0 fully saturated rings. The Morgan fingerprint density at radius 2 is 2.05 bits per heavy atom. The number of nitrogens with one attached hydrogen (secondary N) is 1. The fraction of sp³-hybridized carbons (Fsp3) is 0.214. The van der Waals surface area contributed by atoms with Gasteiger partial charge in [-0.1, -0.05) is 41.7 Å². The number of aryl methyl sites for hydroxylation is 1. The quantitative estimate of drug-likeness (QED) is 0.804. The summed E-state index contributed by atoms with van der Waals surface area (Å²) in [6, 6.07) is 11.7. The van der Waals surface area contributed by atoms with E-state index >= 15 is 0 Å². The molecule has 0 spiro atoms. The first-order valence-corrected chi connectivity index (χ1v) is 7.14. The van der Waals surface area contributed by atoms with Crippen LogP contribution in [0.3, 0.4) is 0 Å². The molecule has 0 saturated heterocycles. The van der Waals surface area contributed by atoms with Gasteiger partial charge in [-0.05, 0) is 19.4 Å². The highest BCUT2D eigenvalue weighted by atomic mass is 32.1. The van der Waals surface area contributed by atoms with E-state index in [1.807, 2.05) is 18.2 Å². The monoisotopic (exact) mass is 286 g/mol. The molecule has 2 heterocycles. The SMILES string of the molecule is Cc1cc(=O)n2nc(N[C@H](C)c3ccccc3)sc2n1. The van der Waals surface area contributed by atoms with Crippen LogP contribution in [0.1, 0.15) is 24.2 Å². The lowest BCUT2D eigenvalue weighted by atomic mass is 10.1. The highest BCUT2D eigenvalue weighted by molar-refractivity contribution is 7.20. The van der Waals surface area contributed by atoms with Crippen LogP contribution >= 0.6 is 11.3 Å². The van der Waals surface area contributed by atoms with E-state index in [4.69, 9.17) is 0 Å². The van der Waals surface area contributed by atoms with Crippen molar-refractivity contribution in [2.45, 2.75) is 19.9 Å². The number of fused-ring (bicyclic) bond motifs is 1. The van der Waals surface area contributed by atoms with E-state index in [1.165, 1.54) is 27.5 Å². The smallest absolute Gasteiger partial charge is 0.275 e. The van der Waals surface area contributed by atoms with Gasteiger partial charge in [-0.3, -0.25) is 4.79 Å². The zero-order valence-corrected chi connectivity index (χ0v) is 12.0. The van der Waals surface area contributed by atoms with E-state index in [1.54, 1.807) is 6.92 Å². The minimum absolute atomic E-state index is 0.119. The number of hydrogen-bond acceptors (Lipinski definition) is 5. The lowest BCUT2D eigenvalue weighted by molar-refractivity contribution is 0.845. The zero-order chi connectivity index (χ0) is 14.1. The standard InChI is InChI=1S/C14H14N4OS/c1-9-8-12(19)18-14(15-9)20-13(17-18)16-10(2)11-6-4-3-5-7-11/h3-8,10H,1-2H3,(H,16,17)/t10-/m1/s1. The maximum Gasteiger partial charge on any atom is 0.275 e. The lowest BCUT2D eigenvalue weighted by Crippen LogP contribution is -2.14. The Hall–Kier alpha value is -2.21. The van der Waals surface area contributed by atoms with Gasteiger partial charge in [-0.25, -0.2) is 4.98 Å². The molecule has 0 saturated carbocycles. The van der Waals surface area contributed by atoms with Crippen LogP contribution in [0.5, 0.6) is 0 Å². The van der Waals surface area contributed by atoms with E-state index in [0.29, 0.717) is 15.8 Å². The van der Waals surface area contributed by atoms with Gasteiger partial charge in [0.05, 0.1) is 6.04 Å². The van der Waals surface area contributed by atoms with Crippen LogP contribution in [-0.4, -0.2) is 14.6 Å². The molecule has 0 bridgehead atoms. The van der Waals surface area contributed by atoms with Gasteiger partial charge in [0.25, 0.3) is 5.56 Å². The van der Waals surface area contributed by atoms with Crippen molar-refractivity contribution in [3.05, 3.63) is 58.0 Å². The van der Waals surface area contributed by atoms with Gasteiger partial charge < -0.3 is 5.32 Å². The summed E-state index contributed by atoms with van der Waals surface area (Å²) in [4.78, 5) is 16.7. The molecule has 102 valence electrons. The predicted octanol–water partition coefficient (Wildman–Crippen LogP) is 2.63. The van der Waals surface area contributed by atoms with Gasteiger partial charge in [0.1, 0.15) is 0 Å². The topological polar surface area (TPSA) is 59.3 Å². The lowest BCUT2D eigenvalue weighted by Gasteiger charge is -2.12. The molecule has 0 aliphatic heterocycles. The van der Waals surface area contributed by atoms with Crippen LogP contribution in [0.2, 0.25) is 0 Å².